The van der Waals surface area contributed by atoms with Gasteiger partial charge in [0, 0.05) is 25.2 Å². The van der Waals surface area contributed by atoms with Gasteiger partial charge >= 0.3 is 5.69 Å². The molecule has 0 bridgehead atoms. The fourth-order valence-corrected chi connectivity index (χ4v) is 2.19. The van der Waals surface area contributed by atoms with Gasteiger partial charge in [0.05, 0.1) is 4.92 Å². The number of pyridine rings is 1. The first kappa shape index (κ1) is 13.0. The van der Waals surface area contributed by atoms with Gasteiger partial charge in [0.25, 0.3) is 0 Å². The zero-order valence-electron chi connectivity index (χ0n) is 10.2. The monoisotopic (exact) mass is 260 g/mol. The van der Waals surface area contributed by atoms with Crippen molar-refractivity contribution in [1.82, 2.24) is 4.98 Å². The lowest BCUT2D eigenvalue weighted by Gasteiger charge is -2.30. The van der Waals surface area contributed by atoms with Gasteiger partial charge < -0.3 is 9.69 Å². The Morgan fingerprint density at radius 3 is 2.74 bits per heavy atom. The van der Waals surface area contributed by atoms with Crippen LogP contribution in [-0.2, 0) is 4.79 Å². The third-order valence-corrected chi connectivity index (χ3v) is 3.24. The van der Waals surface area contributed by atoms with Gasteiger partial charge in [-0.05, 0) is 18.9 Å². The molecule has 0 radical (unpaired) electrons. The van der Waals surface area contributed by atoms with Gasteiger partial charge in [-0.25, -0.2) is 4.98 Å². The van der Waals surface area contributed by atoms with Gasteiger partial charge in [-0.2, -0.15) is 5.26 Å². The van der Waals surface area contributed by atoms with Crippen molar-refractivity contribution in [3.8, 4) is 6.07 Å². The molecule has 1 fully saturated rings. The molecule has 1 saturated heterocycles. The zero-order valence-corrected chi connectivity index (χ0v) is 10.2. The lowest BCUT2D eigenvalue weighted by molar-refractivity contribution is -0.384. The number of carbonyl (C=O) groups is 1. The highest BCUT2D eigenvalue weighted by Crippen LogP contribution is 2.31. The Hall–Kier alpha value is -2.49. The SMILES string of the molecule is N#Cc1ccnc(N2CCC(C=O)CC2)c1[N+](=O)[O-]. The van der Waals surface area contributed by atoms with Crippen LogP contribution in [0.4, 0.5) is 11.5 Å². The van der Waals surface area contributed by atoms with Crippen molar-refractivity contribution in [1.29, 1.82) is 5.26 Å². The van der Waals surface area contributed by atoms with Crippen LogP contribution in [0, 0.1) is 27.4 Å². The first-order valence-electron chi connectivity index (χ1n) is 5.91. The van der Waals surface area contributed by atoms with Crippen LogP contribution in [0.1, 0.15) is 18.4 Å². The highest BCUT2D eigenvalue weighted by Gasteiger charge is 2.28. The lowest BCUT2D eigenvalue weighted by atomic mass is 9.98. The summed E-state index contributed by atoms with van der Waals surface area (Å²) in [5.74, 6) is 0.225. The minimum Gasteiger partial charge on any atom is -0.351 e. The fourth-order valence-electron chi connectivity index (χ4n) is 2.19. The molecule has 0 spiro atoms. The maximum absolute atomic E-state index is 11.1. The molecule has 1 aliphatic rings. The van der Waals surface area contributed by atoms with Crippen LogP contribution in [-0.4, -0.2) is 29.3 Å². The molecule has 0 amide bonds. The molecule has 2 heterocycles. The van der Waals surface area contributed by atoms with E-state index >= 15 is 0 Å². The molecule has 1 aliphatic heterocycles. The number of nitrogens with zero attached hydrogens (tertiary/aromatic N) is 4. The molecule has 7 nitrogen and oxygen atoms in total. The van der Waals surface area contributed by atoms with Gasteiger partial charge in [-0.1, -0.05) is 0 Å². The van der Waals surface area contributed by atoms with Crippen LogP contribution in [0.25, 0.3) is 0 Å². The topological polar surface area (TPSA) is 100 Å². The Bertz CT molecular complexity index is 544. The smallest absolute Gasteiger partial charge is 0.329 e. The van der Waals surface area contributed by atoms with Gasteiger partial charge in [0.2, 0.25) is 5.82 Å². The summed E-state index contributed by atoms with van der Waals surface area (Å²) < 4.78 is 0. The number of aldehydes is 1. The van der Waals surface area contributed by atoms with Crippen LogP contribution in [0.5, 0.6) is 0 Å². The minimum atomic E-state index is -0.577. The van der Waals surface area contributed by atoms with E-state index in [1.165, 1.54) is 12.3 Å². The van der Waals surface area contributed by atoms with Crippen LogP contribution in [0.2, 0.25) is 0 Å². The molecule has 0 atom stereocenters. The van der Waals surface area contributed by atoms with Gasteiger partial charge in [0.15, 0.2) is 0 Å². The van der Waals surface area contributed by atoms with E-state index in [9.17, 15) is 14.9 Å². The van der Waals surface area contributed by atoms with Crippen LogP contribution in [0.3, 0.4) is 0 Å². The first-order valence-corrected chi connectivity index (χ1v) is 5.91. The lowest BCUT2D eigenvalue weighted by Crippen LogP contribution is -2.35. The highest BCUT2D eigenvalue weighted by molar-refractivity contribution is 5.66. The number of carbonyl (C=O) groups excluding carboxylic acids is 1. The number of nitriles is 1. The molecule has 98 valence electrons. The molecule has 1 aromatic heterocycles. The molecule has 0 aliphatic carbocycles. The summed E-state index contributed by atoms with van der Waals surface area (Å²) in [5.41, 5.74) is -0.248. The number of rotatable bonds is 3. The first-order chi connectivity index (χ1) is 9.17. The van der Waals surface area contributed by atoms with Crippen molar-refractivity contribution in [3.05, 3.63) is 27.9 Å². The average molecular weight is 260 g/mol. The predicted molar refractivity (Wildman–Crippen MR) is 66.6 cm³/mol. The maximum Gasteiger partial charge on any atom is 0.329 e. The van der Waals surface area contributed by atoms with Crippen molar-refractivity contribution in [2.45, 2.75) is 12.8 Å². The quantitative estimate of drug-likeness (QED) is 0.461. The maximum atomic E-state index is 11.1. The molecule has 0 unspecified atom stereocenters. The van der Waals surface area contributed by atoms with E-state index in [1.807, 2.05) is 6.07 Å². The van der Waals surface area contributed by atoms with Crippen LogP contribution in [0.15, 0.2) is 12.3 Å². The molecular formula is C12H12N4O3. The number of hydrogen-bond donors (Lipinski definition) is 0. The van der Waals surface area contributed by atoms with Gasteiger partial charge in [-0.15, -0.1) is 0 Å². The van der Waals surface area contributed by atoms with Crippen molar-refractivity contribution in [2.24, 2.45) is 5.92 Å². The zero-order chi connectivity index (χ0) is 13.8. The largest absolute Gasteiger partial charge is 0.351 e. The summed E-state index contributed by atoms with van der Waals surface area (Å²) in [4.78, 5) is 27.0. The van der Waals surface area contributed by atoms with E-state index in [0.29, 0.717) is 25.9 Å². The van der Waals surface area contributed by atoms with Crippen molar-refractivity contribution in [2.75, 3.05) is 18.0 Å². The molecule has 0 N–H and O–H groups in total. The Balaban J connectivity index is 2.33. The van der Waals surface area contributed by atoms with Gasteiger partial charge in [0.1, 0.15) is 17.9 Å². The number of piperidine rings is 1. The highest BCUT2D eigenvalue weighted by atomic mass is 16.6. The third-order valence-electron chi connectivity index (χ3n) is 3.24. The molecule has 19 heavy (non-hydrogen) atoms. The van der Waals surface area contributed by atoms with Crippen LogP contribution < -0.4 is 4.90 Å². The van der Waals surface area contributed by atoms with E-state index in [2.05, 4.69) is 4.98 Å². The van der Waals surface area contributed by atoms with Gasteiger partial charge in [-0.3, -0.25) is 10.1 Å². The second-order valence-electron chi connectivity index (χ2n) is 4.36. The summed E-state index contributed by atoms with van der Waals surface area (Å²) in [6.07, 6.45) is 3.62. The third kappa shape index (κ3) is 2.52. The standard InChI is InChI=1S/C12H12N4O3/c13-7-10-1-4-14-12(11(10)16(18)19)15-5-2-9(8-17)3-6-15/h1,4,8-9H,2-3,5-6H2. The summed E-state index contributed by atoms with van der Waals surface area (Å²) in [6.45, 7) is 1.07. The predicted octanol–water partition coefficient (Wildman–Crippen LogP) is 1.28. The number of hydrogen-bond acceptors (Lipinski definition) is 6. The minimum absolute atomic E-state index is 0.00695. The summed E-state index contributed by atoms with van der Waals surface area (Å²) in [7, 11) is 0. The second kappa shape index (κ2) is 5.44. The van der Waals surface area contributed by atoms with E-state index in [-0.39, 0.29) is 23.0 Å². The Labute approximate surface area is 109 Å². The van der Waals surface area contributed by atoms with E-state index < -0.39 is 4.92 Å². The van der Waals surface area contributed by atoms with Crippen LogP contribution >= 0.6 is 0 Å². The molecular weight excluding hydrogens is 248 g/mol. The molecule has 1 aromatic rings. The van der Waals surface area contributed by atoms with E-state index in [1.54, 1.807) is 4.90 Å². The Morgan fingerprint density at radius 2 is 2.21 bits per heavy atom. The van der Waals surface area contributed by atoms with Crippen molar-refractivity contribution >= 4 is 17.8 Å². The van der Waals surface area contributed by atoms with Crippen molar-refractivity contribution < 1.29 is 9.72 Å². The normalized spacial score (nSPS) is 15.8. The molecule has 2 rings (SSSR count). The second-order valence-corrected chi connectivity index (χ2v) is 4.36. The number of nitro groups is 1. The number of anilines is 1. The average Bonchev–Trinajstić information content (AvgIpc) is 2.46. The number of aromatic nitrogens is 1. The molecule has 0 saturated carbocycles. The van der Waals surface area contributed by atoms with E-state index in [4.69, 9.17) is 5.26 Å². The Kier molecular flexibility index (Phi) is 3.71. The van der Waals surface area contributed by atoms with E-state index in [0.717, 1.165) is 6.29 Å². The fraction of sp³-hybridized carbons (Fsp3) is 0.417. The molecule has 7 heteroatoms. The summed E-state index contributed by atoms with van der Waals surface area (Å²) in [6, 6.07) is 3.14. The summed E-state index contributed by atoms with van der Waals surface area (Å²) in [5, 5.41) is 20.0. The molecule has 0 aromatic carbocycles. The van der Waals surface area contributed by atoms with Crippen molar-refractivity contribution in [3.63, 3.8) is 0 Å². The summed E-state index contributed by atoms with van der Waals surface area (Å²) >= 11 is 0. The Morgan fingerprint density at radius 1 is 1.53 bits per heavy atom.